The van der Waals surface area contributed by atoms with E-state index in [4.69, 9.17) is 21.1 Å². The van der Waals surface area contributed by atoms with E-state index in [1.165, 1.54) is 0 Å². The smallest absolute Gasteiger partial charge is 0.262 e. The molecule has 0 radical (unpaired) electrons. The summed E-state index contributed by atoms with van der Waals surface area (Å²) in [6.45, 7) is 5.07. The van der Waals surface area contributed by atoms with Crippen molar-refractivity contribution in [1.82, 2.24) is 0 Å². The minimum atomic E-state index is -0.256. The van der Waals surface area contributed by atoms with Gasteiger partial charge in [-0.15, -0.1) is 0 Å². The van der Waals surface area contributed by atoms with Gasteiger partial charge in [0.2, 0.25) is 0 Å². The zero-order valence-electron chi connectivity index (χ0n) is 17.4. The molecule has 3 rings (SSSR count). The number of carbonyl (C=O) groups excluding carboxylic acids is 1. The molecule has 31 heavy (non-hydrogen) atoms. The third kappa shape index (κ3) is 6.91. The van der Waals surface area contributed by atoms with Crippen LogP contribution < -0.4 is 20.1 Å². The van der Waals surface area contributed by atoms with Crippen LogP contribution in [0.5, 0.6) is 11.5 Å². The highest BCUT2D eigenvalue weighted by atomic mass is 79.9. The van der Waals surface area contributed by atoms with E-state index < -0.39 is 0 Å². The fraction of sp³-hybridized carbons (Fsp3) is 0.208. The van der Waals surface area contributed by atoms with Crippen LogP contribution in [0.15, 0.2) is 65.1 Å². The molecule has 162 valence electrons. The molecule has 0 atom stereocenters. The molecule has 0 heterocycles. The highest BCUT2D eigenvalue weighted by Crippen LogP contribution is 2.27. The summed E-state index contributed by atoms with van der Waals surface area (Å²) in [7, 11) is 0. The van der Waals surface area contributed by atoms with Gasteiger partial charge < -0.3 is 20.1 Å². The van der Waals surface area contributed by atoms with Crippen LogP contribution >= 0.6 is 27.5 Å². The van der Waals surface area contributed by atoms with E-state index in [9.17, 15) is 4.79 Å². The predicted molar refractivity (Wildman–Crippen MR) is 129 cm³/mol. The van der Waals surface area contributed by atoms with Crippen molar-refractivity contribution in [1.29, 1.82) is 0 Å². The van der Waals surface area contributed by atoms with Gasteiger partial charge in [-0.3, -0.25) is 4.79 Å². The monoisotopic (exact) mass is 502 g/mol. The van der Waals surface area contributed by atoms with Crippen molar-refractivity contribution < 1.29 is 14.3 Å². The summed E-state index contributed by atoms with van der Waals surface area (Å²) in [5, 5.41) is 6.76. The zero-order chi connectivity index (χ0) is 22.2. The molecule has 0 fully saturated rings. The van der Waals surface area contributed by atoms with Gasteiger partial charge in [-0.2, -0.15) is 0 Å². The van der Waals surface area contributed by atoms with Gasteiger partial charge in [0.05, 0.1) is 11.1 Å². The maximum atomic E-state index is 12.2. The molecule has 0 bridgehead atoms. The van der Waals surface area contributed by atoms with E-state index in [1.807, 2.05) is 62.4 Å². The molecule has 7 heteroatoms. The van der Waals surface area contributed by atoms with Crippen LogP contribution in [0.3, 0.4) is 0 Å². The first-order valence-corrected chi connectivity index (χ1v) is 11.1. The SMILES string of the molecule is CCOc1ccc(NCc2ccc(OCC(=O)Nc3ccc(C)c(Cl)c3)c(Br)c2)cc1. The number of aryl methyl sites for hydroxylation is 1. The number of benzene rings is 3. The lowest BCUT2D eigenvalue weighted by atomic mass is 10.2. The fourth-order valence-electron chi connectivity index (χ4n) is 2.82. The molecule has 0 saturated carbocycles. The Kier molecular flexibility index (Phi) is 8.20. The molecular weight excluding hydrogens is 480 g/mol. The van der Waals surface area contributed by atoms with Gasteiger partial charge in [0.15, 0.2) is 6.61 Å². The Morgan fingerprint density at radius 2 is 1.74 bits per heavy atom. The lowest BCUT2D eigenvalue weighted by Crippen LogP contribution is -2.20. The summed E-state index contributed by atoms with van der Waals surface area (Å²) < 4.78 is 11.9. The fourth-order valence-corrected chi connectivity index (χ4v) is 3.54. The van der Waals surface area contributed by atoms with Gasteiger partial charge >= 0.3 is 0 Å². The third-order valence-corrected chi connectivity index (χ3v) is 5.50. The van der Waals surface area contributed by atoms with Crippen molar-refractivity contribution >= 4 is 44.8 Å². The lowest BCUT2D eigenvalue weighted by Gasteiger charge is -2.12. The van der Waals surface area contributed by atoms with Crippen LogP contribution in [-0.2, 0) is 11.3 Å². The second-order valence-electron chi connectivity index (χ2n) is 6.88. The molecule has 0 aliphatic rings. The average Bonchev–Trinajstić information content (AvgIpc) is 2.75. The molecule has 0 unspecified atom stereocenters. The van der Waals surface area contributed by atoms with Crippen LogP contribution in [0.4, 0.5) is 11.4 Å². The second-order valence-corrected chi connectivity index (χ2v) is 8.14. The lowest BCUT2D eigenvalue weighted by molar-refractivity contribution is -0.118. The third-order valence-electron chi connectivity index (χ3n) is 4.47. The van der Waals surface area contributed by atoms with Crippen LogP contribution in [0.2, 0.25) is 5.02 Å². The Morgan fingerprint density at radius 1 is 1.00 bits per heavy atom. The molecule has 0 spiro atoms. The van der Waals surface area contributed by atoms with Gasteiger partial charge in [-0.1, -0.05) is 23.7 Å². The number of anilines is 2. The summed E-state index contributed by atoms with van der Waals surface area (Å²) in [5.41, 5.74) is 3.68. The minimum Gasteiger partial charge on any atom is -0.494 e. The number of ether oxygens (including phenoxy) is 2. The topological polar surface area (TPSA) is 59.6 Å². The largest absolute Gasteiger partial charge is 0.494 e. The van der Waals surface area contributed by atoms with Crippen LogP contribution in [-0.4, -0.2) is 19.1 Å². The first-order chi connectivity index (χ1) is 14.9. The van der Waals surface area contributed by atoms with E-state index in [1.54, 1.807) is 12.1 Å². The van der Waals surface area contributed by atoms with Crippen LogP contribution in [0.1, 0.15) is 18.1 Å². The average molecular weight is 504 g/mol. The summed E-state index contributed by atoms with van der Waals surface area (Å²) in [6.07, 6.45) is 0. The quantitative estimate of drug-likeness (QED) is 0.353. The number of carbonyl (C=O) groups is 1. The standard InChI is InChI=1S/C24H24BrClN2O3/c1-3-30-20-9-7-18(8-10-20)27-14-17-5-11-23(21(25)12-17)31-15-24(29)28-19-6-4-16(2)22(26)13-19/h4-13,27H,3,14-15H2,1-2H3,(H,28,29). The molecule has 0 aliphatic carbocycles. The highest BCUT2D eigenvalue weighted by Gasteiger charge is 2.08. The molecule has 5 nitrogen and oxygen atoms in total. The minimum absolute atomic E-state index is 0.103. The number of halogens is 2. The van der Waals surface area contributed by atoms with Crippen molar-refractivity contribution in [3.8, 4) is 11.5 Å². The number of amides is 1. The van der Waals surface area contributed by atoms with Gasteiger partial charge in [-0.05, 0) is 89.4 Å². The molecule has 2 N–H and O–H groups in total. The van der Waals surface area contributed by atoms with Gasteiger partial charge in [0.1, 0.15) is 11.5 Å². The number of rotatable bonds is 9. The van der Waals surface area contributed by atoms with Crippen LogP contribution in [0.25, 0.3) is 0 Å². The first-order valence-electron chi connectivity index (χ1n) is 9.88. The second kappa shape index (κ2) is 11.1. The summed E-state index contributed by atoms with van der Waals surface area (Å²) in [4.78, 5) is 12.2. The maximum Gasteiger partial charge on any atom is 0.262 e. The molecule has 0 aliphatic heterocycles. The van der Waals surface area contributed by atoms with Crippen molar-refractivity contribution in [2.24, 2.45) is 0 Å². The molecule has 1 amide bonds. The molecule has 3 aromatic carbocycles. The number of hydrogen-bond acceptors (Lipinski definition) is 4. The molecule has 0 aromatic heterocycles. The summed E-state index contributed by atoms with van der Waals surface area (Å²) >= 11 is 9.61. The number of hydrogen-bond donors (Lipinski definition) is 2. The van der Waals surface area contributed by atoms with E-state index in [2.05, 4.69) is 26.6 Å². The Bertz CT molecular complexity index is 1040. The van der Waals surface area contributed by atoms with Crippen LogP contribution in [0, 0.1) is 6.92 Å². The van der Waals surface area contributed by atoms with E-state index >= 15 is 0 Å². The Hall–Kier alpha value is -2.70. The zero-order valence-corrected chi connectivity index (χ0v) is 19.7. The van der Waals surface area contributed by atoms with Crippen molar-refractivity contribution in [2.45, 2.75) is 20.4 Å². The van der Waals surface area contributed by atoms with Gasteiger partial charge in [0.25, 0.3) is 5.91 Å². The van der Waals surface area contributed by atoms with Crippen molar-refractivity contribution in [3.05, 3.63) is 81.3 Å². The van der Waals surface area contributed by atoms with Gasteiger partial charge in [0, 0.05) is 22.9 Å². The van der Waals surface area contributed by atoms with Gasteiger partial charge in [-0.25, -0.2) is 0 Å². The maximum absolute atomic E-state index is 12.2. The number of nitrogens with one attached hydrogen (secondary N) is 2. The highest BCUT2D eigenvalue weighted by molar-refractivity contribution is 9.10. The first kappa shape index (κ1) is 23.0. The Balaban J connectivity index is 1.50. The van der Waals surface area contributed by atoms with E-state index in [0.717, 1.165) is 27.0 Å². The molecule has 0 saturated heterocycles. The molecular formula is C24H24BrClN2O3. The predicted octanol–water partition coefficient (Wildman–Crippen LogP) is 6.44. The van der Waals surface area contributed by atoms with Crippen molar-refractivity contribution in [3.63, 3.8) is 0 Å². The van der Waals surface area contributed by atoms with E-state index in [0.29, 0.717) is 29.6 Å². The van der Waals surface area contributed by atoms with Crippen molar-refractivity contribution in [2.75, 3.05) is 23.8 Å². The molecule has 3 aromatic rings. The Morgan fingerprint density at radius 3 is 2.42 bits per heavy atom. The van der Waals surface area contributed by atoms with E-state index in [-0.39, 0.29) is 12.5 Å². The Labute approximate surface area is 195 Å². The summed E-state index contributed by atoms with van der Waals surface area (Å²) in [6, 6.07) is 19.0. The summed E-state index contributed by atoms with van der Waals surface area (Å²) in [5.74, 6) is 1.20. The normalized spacial score (nSPS) is 10.5.